The number of hydrogen-bond acceptors (Lipinski definition) is 5. The lowest BCUT2D eigenvalue weighted by molar-refractivity contribution is 0.0834. The molecule has 146 valence electrons. The summed E-state index contributed by atoms with van der Waals surface area (Å²) in [7, 11) is 0. The third kappa shape index (κ3) is 3.28. The molecule has 0 aromatic heterocycles. The molecule has 2 aliphatic rings. The van der Waals surface area contributed by atoms with Crippen molar-refractivity contribution >= 4 is 11.6 Å². The predicted molar refractivity (Wildman–Crippen MR) is 108 cm³/mol. The van der Waals surface area contributed by atoms with Gasteiger partial charge in [0, 0.05) is 28.3 Å². The van der Waals surface area contributed by atoms with Crippen LogP contribution in [-0.2, 0) is 6.42 Å². The van der Waals surface area contributed by atoms with E-state index in [1.807, 2.05) is 18.2 Å². The van der Waals surface area contributed by atoms with Gasteiger partial charge in [-0.05, 0) is 51.0 Å². The number of phenols is 2. The summed E-state index contributed by atoms with van der Waals surface area (Å²) in [4.78, 5) is 0. The van der Waals surface area contributed by atoms with E-state index < -0.39 is 0 Å². The minimum Gasteiger partial charge on any atom is -0.507 e. The van der Waals surface area contributed by atoms with Crippen LogP contribution in [0.15, 0.2) is 36.9 Å². The molecule has 2 aliphatic heterocycles. The summed E-state index contributed by atoms with van der Waals surface area (Å²) in [6.45, 7) is 8.36. The number of ether oxygens (including phenoxy) is 3. The summed E-state index contributed by atoms with van der Waals surface area (Å²) in [5.74, 6) is 1.87. The van der Waals surface area contributed by atoms with E-state index >= 15 is 0 Å². The summed E-state index contributed by atoms with van der Waals surface area (Å²) in [5, 5.41) is 20.3. The summed E-state index contributed by atoms with van der Waals surface area (Å²) in [6.07, 6.45) is 5.43. The Balaban J connectivity index is 1.71. The van der Waals surface area contributed by atoms with Crippen LogP contribution in [0.25, 0.3) is 11.6 Å². The molecule has 0 spiro atoms. The Morgan fingerprint density at radius 1 is 1.21 bits per heavy atom. The quantitative estimate of drug-likeness (QED) is 0.753. The lowest BCUT2D eigenvalue weighted by atomic mass is 9.91. The second-order valence-electron chi connectivity index (χ2n) is 7.72. The van der Waals surface area contributed by atoms with Gasteiger partial charge in [0.05, 0.1) is 0 Å². The van der Waals surface area contributed by atoms with Crippen molar-refractivity contribution in [2.24, 2.45) is 0 Å². The predicted octanol–water partition coefficient (Wildman–Crippen LogP) is 4.70. The van der Waals surface area contributed by atoms with Gasteiger partial charge < -0.3 is 24.4 Å². The topological polar surface area (TPSA) is 68.2 Å². The van der Waals surface area contributed by atoms with E-state index in [1.54, 1.807) is 12.1 Å². The summed E-state index contributed by atoms with van der Waals surface area (Å²) < 4.78 is 17.6. The minimum atomic E-state index is -0.170. The molecule has 0 aliphatic carbocycles. The zero-order valence-corrected chi connectivity index (χ0v) is 16.1. The lowest BCUT2D eigenvalue weighted by Gasteiger charge is -2.34. The highest BCUT2D eigenvalue weighted by molar-refractivity contribution is 5.89. The summed E-state index contributed by atoms with van der Waals surface area (Å²) >= 11 is 0. The molecular formula is C23H24O5. The molecule has 0 amide bonds. The fourth-order valence-corrected chi connectivity index (χ4v) is 3.63. The van der Waals surface area contributed by atoms with Crippen LogP contribution in [0.1, 0.15) is 37.0 Å². The number of aromatic hydroxyl groups is 2. The molecule has 0 unspecified atom stereocenters. The fraction of sp³-hybridized carbons (Fsp3) is 0.304. The molecule has 4 rings (SSSR count). The average Bonchev–Trinajstić information content (AvgIpc) is 2.66. The van der Waals surface area contributed by atoms with Gasteiger partial charge in [0.15, 0.2) is 11.5 Å². The van der Waals surface area contributed by atoms with Crippen molar-refractivity contribution in [3.63, 3.8) is 0 Å². The van der Waals surface area contributed by atoms with E-state index in [0.717, 1.165) is 41.0 Å². The lowest BCUT2D eigenvalue weighted by Crippen LogP contribution is -2.33. The second kappa shape index (κ2) is 6.82. The smallest absolute Gasteiger partial charge is 0.162 e. The van der Waals surface area contributed by atoms with Crippen molar-refractivity contribution in [3.8, 4) is 28.7 Å². The van der Waals surface area contributed by atoms with Crippen LogP contribution in [-0.4, -0.2) is 29.0 Å². The molecule has 2 aromatic rings. The number of rotatable bonds is 4. The monoisotopic (exact) mass is 380 g/mol. The highest BCUT2D eigenvalue weighted by Gasteiger charge is 2.30. The zero-order valence-electron chi connectivity index (χ0n) is 16.1. The Morgan fingerprint density at radius 3 is 2.82 bits per heavy atom. The third-order valence-electron chi connectivity index (χ3n) is 5.09. The Kier molecular flexibility index (Phi) is 4.46. The maximum absolute atomic E-state index is 10.3. The van der Waals surface area contributed by atoms with Crippen LogP contribution < -0.4 is 14.2 Å². The first-order valence-corrected chi connectivity index (χ1v) is 9.36. The number of hydrogen-bond donors (Lipinski definition) is 2. The Labute approximate surface area is 164 Å². The first-order chi connectivity index (χ1) is 13.4. The molecule has 0 saturated carbocycles. The first-order valence-electron chi connectivity index (χ1n) is 9.36. The minimum absolute atomic E-state index is 0.0233. The first kappa shape index (κ1) is 18.3. The highest BCUT2D eigenvalue weighted by atomic mass is 16.5. The van der Waals surface area contributed by atoms with Crippen LogP contribution in [0.5, 0.6) is 28.7 Å². The van der Waals surface area contributed by atoms with Gasteiger partial charge in [-0.15, -0.1) is 0 Å². The van der Waals surface area contributed by atoms with Gasteiger partial charge in [-0.2, -0.15) is 0 Å². The van der Waals surface area contributed by atoms with Gasteiger partial charge in [0.1, 0.15) is 36.1 Å². The largest absolute Gasteiger partial charge is 0.507 e. The molecule has 5 heteroatoms. The number of benzene rings is 2. The fourth-order valence-electron chi connectivity index (χ4n) is 3.63. The molecule has 28 heavy (non-hydrogen) atoms. The van der Waals surface area contributed by atoms with E-state index in [4.69, 9.17) is 14.2 Å². The van der Waals surface area contributed by atoms with E-state index in [-0.39, 0.29) is 23.7 Å². The number of phenolic OH excluding ortho intramolecular Hbond substituents is 2. The van der Waals surface area contributed by atoms with Crippen molar-refractivity contribution in [1.29, 1.82) is 0 Å². The molecular weight excluding hydrogens is 356 g/mol. The van der Waals surface area contributed by atoms with E-state index in [2.05, 4.69) is 20.4 Å². The molecule has 0 fully saturated rings. The van der Waals surface area contributed by atoms with Gasteiger partial charge in [-0.1, -0.05) is 12.7 Å². The molecule has 5 nitrogen and oxygen atoms in total. The number of fused-ring (bicyclic) bond motifs is 3. The van der Waals surface area contributed by atoms with E-state index in [9.17, 15) is 10.2 Å². The van der Waals surface area contributed by atoms with Gasteiger partial charge in [-0.25, -0.2) is 0 Å². The Bertz CT molecular complexity index is 971. The highest BCUT2D eigenvalue weighted by Crippen LogP contribution is 2.45. The third-order valence-corrected chi connectivity index (χ3v) is 5.09. The van der Waals surface area contributed by atoms with E-state index in [0.29, 0.717) is 17.9 Å². The van der Waals surface area contributed by atoms with Gasteiger partial charge >= 0.3 is 0 Å². The zero-order chi connectivity index (χ0) is 19.9. The van der Waals surface area contributed by atoms with Gasteiger partial charge in [-0.3, -0.25) is 0 Å². The van der Waals surface area contributed by atoms with Crippen LogP contribution in [0, 0.1) is 0 Å². The molecule has 0 radical (unpaired) electrons. The maximum Gasteiger partial charge on any atom is 0.162 e. The van der Waals surface area contributed by atoms with Gasteiger partial charge in [0.2, 0.25) is 0 Å². The van der Waals surface area contributed by atoms with Gasteiger partial charge in [0.25, 0.3) is 0 Å². The SMILES string of the molecule is C=CCOc1cc(C2=Cc3ccc4c(c3OC2)CCC(C)(C)O4)c(O)cc1O. The van der Waals surface area contributed by atoms with Crippen LogP contribution in [0.4, 0.5) is 0 Å². The van der Waals surface area contributed by atoms with Crippen molar-refractivity contribution in [2.75, 3.05) is 13.2 Å². The van der Waals surface area contributed by atoms with Crippen molar-refractivity contribution < 1.29 is 24.4 Å². The molecule has 0 atom stereocenters. The van der Waals surface area contributed by atoms with Crippen LogP contribution in [0.2, 0.25) is 0 Å². The van der Waals surface area contributed by atoms with Crippen molar-refractivity contribution in [2.45, 2.75) is 32.3 Å². The standard InChI is InChI=1S/C23H24O5/c1-4-9-26-21-11-17(18(24)12-19(21)25)15-10-14-5-6-20-16(22(14)27-13-15)7-8-23(2,3)28-20/h4-6,10-12,24-25H,1,7-9,13H2,2-3H3. The summed E-state index contributed by atoms with van der Waals surface area (Å²) in [6, 6.07) is 6.86. The molecule has 2 N–H and O–H groups in total. The molecule has 2 heterocycles. The van der Waals surface area contributed by atoms with Crippen molar-refractivity contribution in [1.82, 2.24) is 0 Å². The Morgan fingerprint density at radius 2 is 2.04 bits per heavy atom. The normalized spacial score (nSPS) is 16.7. The maximum atomic E-state index is 10.3. The Hall–Kier alpha value is -3.08. The van der Waals surface area contributed by atoms with Crippen molar-refractivity contribution in [3.05, 3.63) is 53.6 Å². The van der Waals surface area contributed by atoms with Crippen LogP contribution >= 0.6 is 0 Å². The van der Waals surface area contributed by atoms with E-state index in [1.165, 1.54) is 6.07 Å². The van der Waals surface area contributed by atoms with Crippen LogP contribution in [0.3, 0.4) is 0 Å². The molecule has 2 aromatic carbocycles. The second-order valence-corrected chi connectivity index (χ2v) is 7.72. The summed E-state index contributed by atoms with van der Waals surface area (Å²) in [5.41, 5.74) is 3.25. The molecule has 0 saturated heterocycles. The average molecular weight is 380 g/mol. The molecule has 0 bridgehead atoms.